The molecular weight excluding hydrogens is 212 g/mol. The second-order valence-corrected chi connectivity index (χ2v) is 3.99. The van der Waals surface area contributed by atoms with Crippen LogP contribution in [0, 0.1) is 0 Å². The number of benzene rings is 1. The Morgan fingerprint density at radius 3 is 2.65 bits per heavy atom. The van der Waals surface area contributed by atoms with Gasteiger partial charge in [0, 0.05) is 0 Å². The zero-order chi connectivity index (χ0) is 12.3. The third kappa shape index (κ3) is 5.91. The highest BCUT2D eigenvalue weighted by Crippen LogP contribution is 2.04. The minimum absolute atomic E-state index is 0.296. The monoisotopic (exact) mass is 232 g/mol. The minimum Gasteiger partial charge on any atom is -0.431 e. The van der Waals surface area contributed by atoms with Gasteiger partial charge < -0.3 is 4.74 Å². The number of hydrogen-bond donors (Lipinski definition) is 0. The summed E-state index contributed by atoms with van der Waals surface area (Å²) in [4.78, 5) is 11.5. The fourth-order valence-corrected chi connectivity index (χ4v) is 1.51. The number of ether oxygens (including phenoxy) is 1. The first-order valence-electron chi connectivity index (χ1n) is 6.25. The van der Waals surface area contributed by atoms with E-state index >= 15 is 0 Å². The van der Waals surface area contributed by atoms with Crippen LogP contribution in [0.4, 0.5) is 0 Å². The van der Waals surface area contributed by atoms with Crippen molar-refractivity contribution in [3.8, 4) is 0 Å². The second kappa shape index (κ2) is 8.57. The molecule has 0 saturated heterocycles. The molecule has 0 radical (unpaired) electrons. The van der Waals surface area contributed by atoms with Gasteiger partial charge in [-0.1, -0.05) is 44.4 Å². The lowest BCUT2D eigenvalue weighted by molar-refractivity contribution is 0.0662. The highest BCUT2D eigenvalue weighted by Gasteiger charge is 2.02. The summed E-state index contributed by atoms with van der Waals surface area (Å²) in [7, 11) is 0. The molecule has 1 aromatic rings. The molecule has 0 aliphatic carbocycles. The minimum atomic E-state index is -0.296. The van der Waals surface area contributed by atoms with Gasteiger partial charge in [0.15, 0.2) is 0 Å². The molecule has 0 heterocycles. The van der Waals surface area contributed by atoms with Crippen molar-refractivity contribution in [2.24, 2.45) is 0 Å². The number of carbonyl (C=O) groups is 1. The molecule has 92 valence electrons. The van der Waals surface area contributed by atoms with Crippen LogP contribution in [0.3, 0.4) is 0 Å². The molecule has 0 aromatic heterocycles. The van der Waals surface area contributed by atoms with Gasteiger partial charge in [0.1, 0.15) is 0 Å². The van der Waals surface area contributed by atoms with Crippen molar-refractivity contribution in [3.05, 3.63) is 48.2 Å². The van der Waals surface area contributed by atoms with E-state index in [1.54, 1.807) is 12.1 Å². The fraction of sp³-hybridized carbons (Fsp3) is 0.400. The quantitative estimate of drug-likeness (QED) is 0.397. The molecule has 0 bridgehead atoms. The average molecular weight is 232 g/mol. The molecule has 0 aliphatic rings. The summed E-state index contributed by atoms with van der Waals surface area (Å²) in [5, 5.41) is 0. The molecule has 0 unspecified atom stereocenters. The third-order valence-electron chi connectivity index (χ3n) is 2.51. The van der Waals surface area contributed by atoms with Gasteiger partial charge in [0.05, 0.1) is 11.8 Å². The van der Waals surface area contributed by atoms with Crippen molar-refractivity contribution < 1.29 is 9.53 Å². The van der Waals surface area contributed by atoms with Crippen molar-refractivity contribution in [2.75, 3.05) is 0 Å². The van der Waals surface area contributed by atoms with E-state index in [0.717, 1.165) is 12.8 Å². The molecule has 0 fully saturated rings. The number of unbranched alkanes of at least 4 members (excludes halogenated alkanes) is 4. The van der Waals surface area contributed by atoms with Crippen LogP contribution in [0.25, 0.3) is 0 Å². The summed E-state index contributed by atoms with van der Waals surface area (Å²) in [5.41, 5.74) is 0.586. The number of rotatable bonds is 7. The molecular formula is C15H20O2. The number of esters is 1. The summed E-state index contributed by atoms with van der Waals surface area (Å²) >= 11 is 0. The summed E-state index contributed by atoms with van der Waals surface area (Å²) < 4.78 is 5.02. The Kier molecular flexibility index (Phi) is 6.80. The Labute approximate surface area is 103 Å². The van der Waals surface area contributed by atoms with Crippen molar-refractivity contribution in [1.82, 2.24) is 0 Å². The maximum absolute atomic E-state index is 11.5. The van der Waals surface area contributed by atoms with Crippen LogP contribution in [-0.4, -0.2) is 5.97 Å². The molecule has 0 atom stereocenters. The average Bonchev–Trinajstić information content (AvgIpc) is 2.38. The first-order chi connectivity index (χ1) is 8.34. The summed E-state index contributed by atoms with van der Waals surface area (Å²) in [6, 6.07) is 9.02. The van der Waals surface area contributed by atoms with Gasteiger partial charge in [-0.3, -0.25) is 0 Å². The zero-order valence-corrected chi connectivity index (χ0v) is 10.4. The fourth-order valence-electron chi connectivity index (χ4n) is 1.51. The largest absolute Gasteiger partial charge is 0.431 e. The Hall–Kier alpha value is -1.57. The molecule has 2 heteroatoms. The summed E-state index contributed by atoms with van der Waals surface area (Å²) in [5.74, 6) is -0.296. The van der Waals surface area contributed by atoms with Gasteiger partial charge in [-0.25, -0.2) is 4.79 Å². The van der Waals surface area contributed by atoms with Crippen LogP contribution in [0.1, 0.15) is 49.4 Å². The summed E-state index contributed by atoms with van der Waals surface area (Å²) in [6.45, 7) is 2.19. The van der Waals surface area contributed by atoms with E-state index in [1.165, 1.54) is 25.5 Å². The van der Waals surface area contributed by atoms with Crippen LogP contribution >= 0.6 is 0 Å². The third-order valence-corrected chi connectivity index (χ3v) is 2.51. The lowest BCUT2D eigenvalue weighted by Gasteiger charge is -1.98. The number of carbonyl (C=O) groups excluding carboxylic acids is 1. The second-order valence-electron chi connectivity index (χ2n) is 3.99. The van der Waals surface area contributed by atoms with E-state index in [9.17, 15) is 4.79 Å². The van der Waals surface area contributed by atoms with Gasteiger partial charge in [-0.15, -0.1) is 0 Å². The molecule has 2 nitrogen and oxygen atoms in total. The predicted molar refractivity (Wildman–Crippen MR) is 69.8 cm³/mol. The highest BCUT2D eigenvalue weighted by atomic mass is 16.5. The first kappa shape index (κ1) is 13.5. The Balaban J connectivity index is 2.18. The Morgan fingerprint density at radius 2 is 1.94 bits per heavy atom. The summed E-state index contributed by atoms with van der Waals surface area (Å²) in [6.07, 6.45) is 9.31. The Morgan fingerprint density at radius 1 is 1.18 bits per heavy atom. The van der Waals surface area contributed by atoms with E-state index in [4.69, 9.17) is 4.74 Å². The molecule has 0 aliphatic heterocycles. The van der Waals surface area contributed by atoms with Crippen molar-refractivity contribution in [3.63, 3.8) is 0 Å². The lowest BCUT2D eigenvalue weighted by Crippen LogP contribution is -1.99. The SMILES string of the molecule is CCCCCC/C=C/OC(=O)c1ccccc1. The van der Waals surface area contributed by atoms with Crippen molar-refractivity contribution in [1.29, 1.82) is 0 Å². The molecule has 1 aromatic carbocycles. The molecule has 17 heavy (non-hydrogen) atoms. The number of hydrogen-bond acceptors (Lipinski definition) is 2. The van der Waals surface area contributed by atoms with Crippen molar-refractivity contribution >= 4 is 5.97 Å². The van der Waals surface area contributed by atoms with Gasteiger partial charge in [0.25, 0.3) is 0 Å². The molecule has 0 spiro atoms. The molecule has 0 saturated carbocycles. The maximum atomic E-state index is 11.5. The normalized spacial score (nSPS) is 10.6. The van der Waals surface area contributed by atoms with Crippen LogP contribution in [-0.2, 0) is 4.74 Å². The number of allylic oxidation sites excluding steroid dienone is 1. The topological polar surface area (TPSA) is 26.3 Å². The van der Waals surface area contributed by atoms with Gasteiger partial charge in [-0.05, 0) is 31.1 Å². The maximum Gasteiger partial charge on any atom is 0.342 e. The molecule has 0 N–H and O–H groups in total. The van der Waals surface area contributed by atoms with Crippen LogP contribution in [0.2, 0.25) is 0 Å². The van der Waals surface area contributed by atoms with E-state index in [0.29, 0.717) is 5.56 Å². The van der Waals surface area contributed by atoms with Crippen LogP contribution in [0.5, 0.6) is 0 Å². The van der Waals surface area contributed by atoms with Gasteiger partial charge >= 0.3 is 5.97 Å². The van der Waals surface area contributed by atoms with Crippen molar-refractivity contribution in [2.45, 2.75) is 39.0 Å². The van der Waals surface area contributed by atoms with Gasteiger partial charge in [-0.2, -0.15) is 0 Å². The Bertz CT molecular complexity index is 341. The van der Waals surface area contributed by atoms with E-state index in [1.807, 2.05) is 24.3 Å². The molecule has 1 rings (SSSR count). The van der Waals surface area contributed by atoms with Gasteiger partial charge in [0.2, 0.25) is 0 Å². The molecule has 0 amide bonds. The van der Waals surface area contributed by atoms with E-state index < -0.39 is 0 Å². The van der Waals surface area contributed by atoms with Crippen LogP contribution in [0.15, 0.2) is 42.7 Å². The predicted octanol–water partition coefficient (Wildman–Crippen LogP) is 4.33. The van der Waals surface area contributed by atoms with E-state index in [2.05, 4.69) is 6.92 Å². The smallest absolute Gasteiger partial charge is 0.342 e. The van der Waals surface area contributed by atoms with E-state index in [-0.39, 0.29) is 5.97 Å². The first-order valence-corrected chi connectivity index (χ1v) is 6.25. The standard InChI is InChI=1S/C15H20O2/c1-2-3-4-5-6-10-13-17-15(16)14-11-8-7-9-12-14/h7-13H,2-6H2,1H3/b13-10+. The highest BCUT2D eigenvalue weighted by molar-refractivity contribution is 5.89. The lowest BCUT2D eigenvalue weighted by atomic mass is 10.1. The van der Waals surface area contributed by atoms with Crippen LogP contribution < -0.4 is 0 Å². The zero-order valence-electron chi connectivity index (χ0n) is 10.4.